The Morgan fingerprint density at radius 3 is 2.21 bits per heavy atom. The van der Waals surface area contributed by atoms with Gasteiger partial charge < -0.3 is 24.4 Å². The van der Waals surface area contributed by atoms with Gasteiger partial charge >= 0.3 is 18.5 Å². The van der Waals surface area contributed by atoms with Gasteiger partial charge in [-0.3, -0.25) is 4.90 Å². The van der Waals surface area contributed by atoms with Crippen molar-refractivity contribution >= 4 is 41.7 Å². The van der Waals surface area contributed by atoms with Crippen LogP contribution in [0.4, 0.5) is 34.3 Å². The molecule has 0 spiro atoms. The van der Waals surface area contributed by atoms with E-state index in [4.69, 9.17) is 14.6 Å². The van der Waals surface area contributed by atoms with Crippen LogP contribution >= 0.6 is 12.4 Å². The molecular formula is C32H44ClF3N6O5. The minimum absolute atomic E-state index is 0. The number of halogens is 4. The van der Waals surface area contributed by atoms with E-state index in [0.29, 0.717) is 37.4 Å². The Hall–Kier alpha value is -3.94. The van der Waals surface area contributed by atoms with Crippen LogP contribution in [0.5, 0.6) is 5.75 Å². The third-order valence-electron chi connectivity index (χ3n) is 7.00. The Balaban J connectivity index is 0.00000600. The summed E-state index contributed by atoms with van der Waals surface area (Å²) >= 11 is 0. The first-order chi connectivity index (χ1) is 21.3. The summed E-state index contributed by atoms with van der Waals surface area (Å²) in [5.41, 5.74) is -0.00613. The molecule has 0 unspecified atom stereocenters. The van der Waals surface area contributed by atoms with Crippen molar-refractivity contribution in [2.75, 3.05) is 23.3 Å². The van der Waals surface area contributed by atoms with Crippen molar-refractivity contribution in [1.29, 1.82) is 0 Å². The number of imidazole rings is 1. The summed E-state index contributed by atoms with van der Waals surface area (Å²) in [4.78, 5) is 33.8. The van der Waals surface area contributed by atoms with Gasteiger partial charge in [-0.05, 0) is 66.4 Å². The van der Waals surface area contributed by atoms with E-state index in [9.17, 15) is 22.8 Å². The Morgan fingerprint density at radius 2 is 1.64 bits per heavy atom. The van der Waals surface area contributed by atoms with Crippen LogP contribution in [-0.2, 0) is 16.0 Å². The zero-order valence-electron chi connectivity index (χ0n) is 28.0. The van der Waals surface area contributed by atoms with Gasteiger partial charge in [-0.15, -0.1) is 30.7 Å². The van der Waals surface area contributed by atoms with Crippen molar-refractivity contribution in [3.05, 3.63) is 47.8 Å². The number of hydrogen-bond donors (Lipinski definition) is 1. The molecule has 260 valence electrons. The fraction of sp³-hybridized carbons (Fsp3) is 0.562. The van der Waals surface area contributed by atoms with Crippen LogP contribution in [0.15, 0.2) is 36.5 Å². The van der Waals surface area contributed by atoms with Gasteiger partial charge in [-0.25, -0.2) is 19.1 Å². The third kappa shape index (κ3) is 10.3. The molecule has 2 aromatic heterocycles. The molecule has 1 aliphatic heterocycles. The molecule has 15 heteroatoms. The number of nitrogens with one attached hydrogen (secondary N) is 1. The van der Waals surface area contributed by atoms with Crippen LogP contribution in [-0.4, -0.2) is 68.4 Å². The largest absolute Gasteiger partial charge is 0.573 e. The van der Waals surface area contributed by atoms with Gasteiger partial charge in [-0.1, -0.05) is 32.0 Å². The summed E-state index contributed by atoms with van der Waals surface area (Å²) in [5, 5.41) is 8.22. The van der Waals surface area contributed by atoms with Crippen molar-refractivity contribution < 1.29 is 37.0 Å². The molecule has 0 atom stereocenters. The average molecular weight is 685 g/mol. The maximum atomic E-state index is 13.8. The number of hydrogen-bond acceptors (Lipinski definition) is 8. The molecule has 47 heavy (non-hydrogen) atoms. The number of aromatic nitrogens is 3. The van der Waals surface area contributed by atoms with Gasteiger partial charge in [0.15, 0.2) is 5.65 Å². The molecule has 1 N–H and O–H groups in total. The smallest absolute Gasteiger partial charge is 0.444 e. The van der Waals surface area contributed by atoms with Gasteiger partial charge in [0.2, 0.25) is 0 Å². The molecule has 4 rings (SSSR count). The number of benzene rings is 1. The molecule has 2 amide bonds. The number of likely N-dealkylation sites (tertiary alicyclic amines) is 1. The van der Waals surface area contributed by atoms with Gasteiger partial charge in [0.05, 0.1) is 24.1 Å². The molecule has 3 heterocycles. The normalized spacial score (nSPS) is 14.5. The first kappa shape index (κ1) is 37.5. The number of alkyl halides is 3. The number of rotatable bonds is 7. The number of amides is 2. The standard InChI is InChI=1S/C32H43F3N6O5.ClH/c1-20(2)24-18-36-27-23(17-26(38-41(24)27)37-22-13-15-39(16-14-22)28(42)45-30(3,4)5)40(29(43)46-31(6,7)8)19-21-11-9-10-12-25(21)44-32(33,34)35;/h9-12,17-18,20,22H,13-16,19H2,1-8H3,(H,37,38);1H. The lowest BCUT2D eigenvalue weighted by atomic mass is 10.1. The highest BCUT2D eigenvalue weighted by Crippen LogP contribution is 2.33. The molecule has 0 saturated carbocycles. The van der Waals surface area contributed by atoms with Gasteiger partial charge in [0.1, 0.15) is 22.8 Å². The molecule has 1 saturated heterocycles. The number of carbonyl (C=O) groups excluding carboxylic acids is 2. The third-order valence-corrected chi connectivity index (χ3v) is 7.00. The molecule has 0 radical (unpaired) electrons. The van der Waals surface area contributed by atoms with E-state index in [2.05, 4.69) is 15.0 Å². The SMILES string of the molecule is CC(C)c1cnc2c(N(Cc3ccccc3OC(F)(F)F)C(=O)OC(C)(C)C)cc(NC3CCN(C(=O)OC(C)(C)C)CC3)nn12.Cl. The predicted octanol–water partition coefficient (Wildman–Crippen LogP) is 7.93. The van der Waals surface area contributed by atoms with E-state index < -0.39 is 29.4 Å². The van der Waals surface area contributed by atoms with Crippen LogP contribution in [0.2, 0.25) is 0 Å². The number of carbonyl (C=O) groups is 2. The molecule has 1 fully saturated rings. The predicted molar refractivity (Wildman–Crippen MR) is 174 cm³/mol. The zero-order chi connectivity index (χ0) is 34.0. The average Bonchev–Trinajstić information content (AvgIpc) is 3.34. The minimum Gasteiger partial charge on any atom is -0.444 e. The lowest BCUT2D eigenvalue weighted by Gasteiger charge is -2.34. The lowest BCUT2D eigenvalue weighted by molar-refractivity contribution is -0.274. The fourth-order valence-electron chi connectivity index (χ4n) is 4.97. The Kier molecular flexibility index (Phi) is 11.5. The summed E-state index contributed by atoms with van der Waals surface area (Å²) in [7, 11) is 0. The summed E-state index contributed by atoms with van der Waals surface area (Å²) in [6.45, 7) is 15.2. The number of nitrogens with zero attached hydrogens (tertiary/aromatic N) is 5. The highest BCUT2D eigenvalue weighted by Gasteiger charge is 2.34. The van der Waals surface area contributed by atoms with Gasteiger partial charge in [0.25, 0.3) is 0 Å². The Morgan fingerprint density at radius 1 is 1.02 bits per heavy atom. The van der Waals surface area contributed by atoms with E-state index in [0.717, 1.165) is 5.69 Å². The number of piperidine rings is 1. The van der Waals surface area contributed by atoms with Gasteiger partial charge in [0, 0.05) is 30.8 Å². The van der Waals surface area contributed by atoms with E-state index in [-0.39, 0.29) is 48.3 Å². The monoisotopic (exact) mass is 684 g/mol. The second-order valence-electron chi connectivity index (χ2n) is 13.6. The van der Waals surface area contributed by atoms with Crippen LogP contribution in [0.1, 0.15) is 85.4 Å². The number of anilines is 2. The van der Waals surface area contributed by atoms with E-state index in [1.54, 1.807) is 48.5 Å². The molecular weight excluding hydrogens is 641 g/mol. The maximum Gasteiger partial charge on any atom is 0.573 e. The molecule has 11 nitrogen and oxygen atoms in total. The van der Waals surface area contributed by atoms with Crippen LogP contribution in [0.3, 0.4) is 0 Å². The van der Waals surface area contributed by atoms with E-state index in [1.807, 2.05) is 34.6 Å². The van der Waals surface area contributed by atoms with Crippen LogP contribution in [0.25, 0.3) is 5.65 Å². The van der Waals surface area contributed by atoms with Crippen molar-refractivity contribution in [2.24, 2.45) is 0 Å². The molecule has 0 bridgehead atoms. The highest BCUT2D eigenvalue weighted by atomic mass is 35.5. The second-order valence-corrected chi connectivity index (χ2v) is 13.6. The first-order valence-corrected chi connectivity index (χ1v) is 15.3. The summed E-state index contributed by atoms with van der Waals surface area (Å²) in [6, 6.07) is 7.23. The second kappa shape index (κ2) is 14.4. The first-order valence-electron chi connectivity index (χ1n) is 15.3. The molecule has 1 aromatic carbocycles. The van der Waals surface area contributed by atoms with Gasteiger partial charge in [-0.2, -0.15) is 0 Å². The molecule has 3 aromatic rings. The maximum absolute atomic E-state index is 13.8. The van der Waals surface area contributed by atoms with Crippen LogP contribution < -0.4 is 15.0 Å². The Labute approximate surface area is 279 Å². The number of para-hydroxylation sites is 1. The van der Waals surface area contributed by atoms with E-state index in [1.165, 1.54) is 23.1 Å². The topological polar surface area (TPSA) is 111 Å². The summed E-state index contributed by atoms with van der Waals surface area (Å²) in [5.74, 6) is 0.00000109. The zero-order valence-corrected chi connectivity index (χ0v) is 28.8. The molecule has 1 aliphatic rings. The summed E-state index contributed by atoms with van der Waals surface area (Å²) < 4.78 is 57.0. The van der Waals surface area contributed by atoms with Crippen molar-refractivity contribution in [3.63, 3.8) is 0 Å². The van der Waals surface area contributed by atoms with Crippen molar-refractivity contribution in [2.45, 2.75) is 104 Å². The quantitative estimate of drug-likeness (QED) is 0.267. The van der Waals surface area contributed by atoms with Crippen LogP contribution in [0, 0.1) is 0 Å². The lowest BCUT2D eigenvalue weighted by Crippen LogP contribution is -2.44. The number of fused-ring (bicyclic) bond motifs is 1. The molecule has 0 aliphatic carbocycles. The highest BCUT2D eigenvalue weighted by molar-refractivity contribution is 5.93. The van der Waals surface area contributed by atoms with Crippen molar-refractivity contribution in [1.82, 2.24) is 19.5 Å². The minimum atomic E-state index is -4.93. The van der Waals surface area contributed by atoms with E-state index >= 15 is 0 Å². The van der Waals surface area contributed by atoms with Crippen molar-refractivity contribution in [3.8, 4) is 5.75 Å². The number of ether oxygens (including phenoxy) is 3. The fourth-order valence-corrected chi connectivity index (χ4v) is 4.97. The Bertz CT molecular complexity index is 1540. The summed E-state index contributed by atoms with van der Waals surface area (Å²) in [6.07, 6.45) is -3.18.